The minimum atomic E-state index is -3.33. The number of hydrogen-bond donors (Lipinski definition) is 0. The van der Waals surface area contributed by atoms with Crippen molar-refractivity contribution in [2.24, 2.45) is 0 Å². The van der Waals surface area contributed by atoms with Gasteiger partial charge < -0.3 is 18.7 Å². The van der Waals surface area contributed by atoms with Gasteiger partial charge in [0.15, 0.2) is 0 Å². The minimum Gasteiger partial charge on any atom is -0.468 e. The van der Waals surface area contributed by atoms with Crippen molar-refractivity contribution in [3.8, 4) is 0 Å². The molecule has 0 aliphatic carbocycles. The number of rotatable bonds is 7. The van der Waals surface area contributed by atoms with Crippen LogP contribution >= 0.6 is 7.60 Å². The molecule has 0 saturated carbocycles. The molecule has 0 aliphatic rings. The van der Waals surface area contributed by atoms with Crippen molar-refractivity contribution in [3.05, 3.63) is 0 Å². The fourth-order valence-electron chi connectivity index (χ4n) is 0.763. The van der Waals surface area contributed by atoms with Crippen molar-refractivity contribution in [1.29, 1.82) is 0 Å². The quantitative estimate of drug-likeness (QED) is 0.355. The number of ether oxygens (including phenoxy) is 1. The molecule has 0 heterocycles. The topological polar surface area (TPSA) is 82.1 Å². The highest BCUT2D eigenvalue weighted by atomic mass is 31.2. The average Bonchev–Trinajstić information content (AvgIpc) is 2.27. The van der Waals surface area contributed by atoms with Crippen LogP contribution in [0.4, 0.5) is 0 Å². The smallest absolute Gasteiger partial charge is 0.349 e. The Labute approximate surface area is 87.8 Å². The molecular formula is C7H14NO6P. The van der Waals surface area contributed by atoms with Gasteiger partial charge in [0, 0.05) is 14.2 Å². The summed E-state index contributed by atoms with van der Waals surface area (Å²) in [5, 5.41) is 0. The van der Waals surface area contributed by atoms with Gasteiger partial charge in [0.1, 0.15) is 12.8 Å². The molecule has 0 saturated heterocycles. The van der Waals surface area contributed by atoms with E-state index < -0.39 is 13.6 Å². The van der Waals surface area contributed by atoms with Crippen LogP contribution in [-0.4, -0.2) is 51.4 Å². The van der Waals surface area contributed by atoms with Crippen molar-refractivity contribution in [1.82, 2.24) is 4.90 Å². The first-order chi connectivity index (χ1) is 7.01. The highest BCUT2D eigenvalue weighted by Gasteiger charge is 2.25. The lowest BCUT2D eigenvalue weighted by atomic mass is 10.6. The third kappa shape index (κ3) is 4.92. The average molecular weight is 239 g/mol. The van der Waals surface area contributed by atoms with Crippen molar-refractivity contribution >= 4 is 20.0 Å². The standard InChI is InChI=1S/C7H14NO6P/c1-12-7(10)4-8(5-9)6-15(11,13-2)14-3/h5H,4,6H2,1-3H3. The van der Waals surface area contributed by atoms with Gasteiger partial charge in [-0.25, -0.2) is 0 Å². The van der Waals surface area contributed by atoms with E-state index in [9.17, 15) is 14.2 Å². The Hall–Kier alpha value is -0.910. The predicted molar refractivity (Wildman–Crippen MR) is 51.3 cm³/mol. The Morgan fingerprint density at radius 1 is 1.33 bits per heavy atom. The highest BCUT2D eigenvalue weighted by molar-refractivity contribution is 7.53. The second-order valence-corrected chi connectivity index (χ2v) is 4.78. The summed E-state index contributed by atoms with van der Waals surface area (Å²) in [7, 11) is 0.258. The first kappa shape index (κ1) is 14.1. The van der Waals surface area contributed by atoms with Crippen LogP contribution in [0.25, 0.3) is 0 Å². The molecule has 1 amide bonds. The first-order valence-corrected chi connectivity index (χ1v) is 5.70. The Kier molecular flexibility index (Phi) is 6.15. The van der Waals surface area contributed by atoms with Gasteiger partial charge >= 0.3 is 13.6 Å². The molecule has 0 spiro atoms. The van der Waals surface area contributed by atoms with Crippen molar-refractivity contribution in [2.45, 2.75) is 0 Å². The molecule has 0 aromatic carbocycles. The van der Waals surface area contributed by atoms with E-state index in [0.717, 1.165) is 4.90 Å². The van der Waals surface area contributed by atoms with E-state index in [2.05, 4.69) is 13.8 Å². The third-order valence-electron chi connectivity index (χ3n) is 1.62. The van der Waals surface area contributed by atoms with Crippen LogP contribution in [0, 0.1) is 0 Å². The lowest BCUT2D eigenvalue weighted by molar-refractivity contribution is -0.143. The Morgan fingerprint density at radius 3 is 2.20 bits per heavy atom. The second kappa shape index (κ2) is 6.55. The Morgan fingerprint density at radius 2 is 1.87 bits per heavy atom. The van der Waals surface area contributed by atoms with Crippen LogP contribution in [-0.2, 0) is 27.9 Å². The zero-order valence-electron chi connectivity index (χ0n) is 8.84. The van der Waals surface area contributed by atoms with Crippen molar-refractivity contribution < 1.29 is 27.9 Å². The molecule has 0 fully saturated rings. The van der Waals surface area contributed by atoms with E-state index in [1.54, 1.807) is 0 Å². The molecule has 0 bridgehead atoms. The summed E-state index contributed by atoms with van der Waals surface area (Å²) in [6.07, 6.45) is 0.0835. The molecule has 0 aliphatic heterocycles. The van der Waals surface area contributed by atoms with Crippen molar-refractivity contribution in [2.75, 3.05) is 34.2 Å². The summed E-state index contributed by atoms with van der Waals surface area (Å²) < 4.78 is 25.2. The molecule has 8 heteroatoms. The molecule has 0 N–H and O–H groups in total. The van der Waals surface area contributed by atoms with Crippen LogP contribution in [0.3, 0.4) is 0 Å². The van der Waals surface area contributed by atoms with Gasteiger partial charge in [0.05, 0.1) is 7.11 Å². The van der Waals surface area contributed by atoms with E-state index in [1.807, 2.05) is 0 Å². The van der Waals surface area contributed by atoms with Gasteiger partial charge in [0.25, 0.3) is 0 Å². The van der Waals surface area contributed by atoms with Gasteiger partial charge in [-0.15, -0.1) is 0 Å². The summed E-state index contributed by atoms with van der Waals surface area (Å²) in [6, 6.07) is 0. The second-order valence-electron chi connectivity index (χ2n) is 2.55. The number of carbonyl (C=O) groups is 2. The van der Waals surface area contributed by atoms with E-state index >= 15 is 0 Å². The molecule has 15 heavy (non-hydrogen) atoms. The Balaban J connectivity index is 4.38. The van der Waals surface area contributed by atoms with Crippen LogP contribution < -0.4 is 0 Å². The zero-order valence-corrected chi connectivity index (χ0v) is 9.73. The minimum absolute atomic E-state index is 0.293. The normalized spacial score (nSPS) is 10.9. The Bertz CT molecular complexity index is 260. The van der Waals surface area contributed by atoms with Gasteiger partial charge in [0.2, 0.25) is 6.41 Å². The van der Waals surface area contributed by atoms with Crippen molar-refractivity contribution in [3.63, 3.8) is 0 Å². The third-order valence-corrected chi connectivity index (χ3v) is 3.44. The molecule has 0 radical (unpaired) electrons. The molecule has 0 unspecified atom stereocenters. The largest absolute Gasteiger partial charge is 0.468 e. The lowest BCUT2D eigenvalue weighted by Crippen LogP contribution is -2.30. The molecular weight excluding hydrogens is 225 g/mol. The fraction of sp³-hybridized carbons (Fsp3) is 0.714. The van der Waals surface area contributed by atoms with E-state index in [0.29, 0.717) is 6.41 Å². The number of nitrogens with zero attached hydrogens (tertiary/aromatic N) is 1. The monoisotopic (exact) mass is 239 g/mol. The maximum atomic E-state index is 11.6. The summed E-state index contributed by atoms with van der Waals surface area (Å²) in [5.74, 6) is -0.610. The predicted octanol–water partition coefficient (Wildman–Crippen LogP) is 0.0612. The number of carbonyl (C=O) groups excluding carboxylic acids is 2. The molecule has 7 nitrogen and oxygen atoms in total. The zero-order chi connectivity index (χ0) is 11.9. The van der Waals surface area contributed by atoms with E-state index in [4.69, 9.17) is 0 Å². The van der Waals surface area contributed by atoms with Gasteiger partial charge in [-0.2, -0.15) is 0 Å². The number of methoxy groups -OCH3 is 1. The van der Waals surface area contributed by atoms with Crippen LogP contribution in [0.1, 0.15) is 0 Å². The highest BCUT2D eigenvalue weighted by Crippen LogP contribution is 2.46. The SMILES string of the molecule is COC(=O)CN(C=O)CP(=O)(OC)OC. The number of esters is 1. The summed E-state index contributed by atoms with van der Waals surface area (Å²) in [5.41, 5.74) is 0. The molecule has 88 valence electrons. The molecule has 0 aromatic heterocycles. The molecule has 0 atom stereocenters. The van der Waals surface area contributed by atoms with Crippen LogP contribution in [0.15, 0.2) is 0 Å². The molecule has 0 rings (SSSR count). The van der Waals surface area contributed by atoms with E-state index in [-0.39, 0.29) is 12.8 Å². The van der Waals surface area contributed by atoms with Gasteiger partial charge in [-0.1, -0.05) is 0 Å². The number of amides is 1. The van der Waals surface area contributed by atoms with Crippen LogP contribution in [0.2, 0.25) is 0 Å². The molecule has 0 aromatic rings. The maximum absolute atomic E-state index is 11.6. The fourth-order valence-corrected chi connectivity index (χ4v) is 1.76. The summed E-state index contributed by atoms with van der Waals surface area (Å²) in [6.45, 7) is -0.295. The first-order valence-electron chi connectivity index (χ1n) is 3.98. The summed E-state index contributed by atoms with van der Waals surface area (Å²) >= 11 is 0. The summed E-state index contributed by atoms with van der Waals surface area (Å²) in [4.78, 5) is 22.4. The van der Waals surface area contributed by atoms with Crippen LogP contribution in [0.5, 0.6) is 0 Å². The van der Waals surface area contributed by atoms with E-state index in [1.165, 1.54) is 21.3 Å². The maximum Gasteiger partial charge on any atom is 0.349 e. The number of hydrogen-bond acceptors (Lipinski definition) is 6. The van der Waals surface area contributed by atoms with Gasteiger partial charge in [-0.05, 0) is 0 Å². The van der Waals surface area contributed by atoms with Gasteiger partial charge in [-0.3, -0.25) is 14.2 Å². The lowest BCUT2D eigenvalue weighted by Gasteiger charge is -2.20.